The van der Waals surface area contributed by atoms with Crippen LogP contribution in [0.3, 0.4) is 0 Å². The van der Waals surface area contributed by atoms with Crippen LogP contribution in [0.5, 0.6) is 0 Å². The Kier molecular flexibility index (Phi) is 6.81. The van der Waals surface area contributed by atoms with E-state index in [1.807, 2.05) is 6.92 Å². The first-order valence-corrected chi connectivity index (χ1v) is 9.86. The maximum atomic E-state index is 12.4. The van der Waals surface area contributed by atoms with Crippen molar-refractivity contribution < 1.29 is 19.1 Å². The Morgan fingerprint density at radius 1 is 1.19 bits per heavy atom. The van der Waals surface area contributed by atoms with Gasteiger partial charge in [0.1, 0.15) is 5.00 Å². The number of aryl methyl sites for hydroxylation is 1. The van der Waals surface area contributed by atoms with Crippen LogP contribution in [0.15, 0.2) is 0 Å². The summed E-state index contributed by atoms with van der Waals surface area (Å²) in [6.07, 6.45) is 3.25. The van der Waals surface area contributed by atoms with E-state index in [0.29, 0.717) is 22.4 Å². The van der Waals surface area contributed by atoms with Gasteiger partial charge in [-0.25, -0.2) is 4.79 Å². The van der Waals surface area contributed by atoms with Crippen molar-refractivity contribution in [3.8, 4) is 0 Å². The van der Waals surface area contributed by atoms with Crippen LogP contribution >= 0.6 is 11.3 Å². The summed E-state index contributed by atoms with van der Waals surface area (Å²) in [5.74, 6) is -0.131. The molecule has 0 bridgehead atoms. The average Bonchev–Trinajstić information content (AvgIpc) is 2.83. The van der Waals surface area contributed by atoms with Crippen molar-refractivity contribution >= 4 is 34.1 Å². The molecule has 0 aromatic carbocycles. The number of anilines is 1. The zero-order valence-electron chi connectivity index (χ0n) is 16.1. The van der Waals surface area contributed by atoms with E-state index in [9.17, 15) is 14.4 Å². The van der Waals surface area contributed by atoms with Crippen molar-refractivity contribution in [1.29, 1.82) is 0 Å². The van der Waals surface area contributed by atoms with Crippen LogP contribution < -0.4 is 10.6 Å². The molecule has 7 heteroatoms. The number of carbonyl (C=O) groups is 3. The minimum absolute atomic E-state index is 0.130. The van der Waals surface area contributed by atoms with E-state index in [2.05, 4.69) is 24.5 Å². The number of ether oxygens (including phenoxy) is 1. The van der Waals surface area contributed by atoms with Crippen molar-refractivity contribution in [3.63, 3.8) is 0 Å². The summed E-state index contributed by atoms with van der Waals surface area (Å²) in [5, 5.41) is 6.11. The zero-order chi connectivity index (χ0) is 19.4. The van der Waals surface area contributed by atoms with E-state index in [1.165, 1.54) is 24.7 Å². The maximum Gasteiger partial charge on any atom is 0.341 e. The Hall–Kier alpha value is -1.89. The lowest BCUT2D eigenvalue weighted by Crippen LogP contribution is -2.45. The number of amides is 2. The molecule has 1 aromatic heterocycles. The van der Waals surface area contributed by atoms with E-state index in [-0.39, 0.29) is 24.5 Å². The van der Waals surface area contributed by atoms with Gasteiger partial charge in [-0.2, -0.15) is 0 Å². The van der Waals surface area contributed by atoms with E-state index in [1.54, 1.807) is 6.92 Å². The van der Waals surface area contributed by atoms with Crippen LogP contribution in [-0.2, 0) is 14.3 Å². The largest absolute Gasteiger partial charge is 0.452 e. The molecule has 0 radical (unpaired) electrons. The molecule has 6 nitrogen and oxygen atoms in total. The quantitative estimate of drug-likeness (QED) is 0.767. The lowest BCUT2D eigenvalue weighted by Gasteiger charge is -2.34. The Bertz CT molecular complexity index is 698. The normalized spacial score (nSPS) is 22.6. The number of nitrogens with one attached hydrogen (secondary N) is 2. The molecular weight excluding hydrogens is 352 g/mol. The van der Waals surface area contributed by atoms with Crippen LogP contribution in [0, 0.1) is 25.7 Å². The van der Waals surface area contributed by atoms with Gasteiger partial charge in [-0.15, -0.1) is 11.3 Å². The Balaban J connectivity index is 1.96. The molecule has 0 unspecified atom stereocenters. The molecular formula is C19H28N2O4S. The van der Waals surface area contributed by atoms with Crippen molar-refractivity contribution in [2.45, 2.75) is 59.9 Å². The summed E-state index contributed by atoms with van der Waals surface area (Å²) < 4.78 is 5.21. The smallest absolute Gasteiger partial charge is 0.341 e. The number of hydrogen-bond donors (Lipinski definition) is 2. The van der Waals surface area contributed by atoms with Gasteiger partial charge in [-0.1, -0.05) is 26.7 Å². The van der Waals surface area contributed by atoms with Crippen LogP contribution in [0.25, 0.3) is 0 Å². The molecule has 2 N–H and O–H groups in total. The minimum atomic E-state index is -0.587. The summed E-state index contributed by atoms with van der Waals surface area (Å²) in [6.45, 7) is 9.11. The van der Waals surface area contributed by atoms with Gasteiger partial charge in [-0.3, -0.25) is 9.59 Å². The molecule has 2 rings (SSSR count). The topological polar surface area (TPSA) is 84.5 Å². The summed E-state index contributed by atoms with van der Waals surface area (Å²) in [6, 6.07) is 0.130. The number of carbonyl (C=O) groups excluding carboxylic acids is 3. The third-order valence-corrected chi connectivity index (χ3v) is 6.39. The van der Waals surface area contributed by atoms with Gasteiger partial charge in [0.15, 0.2) is 6.61 Å². The first kappa shape index (κ1) is 20.4. The van der Waals surface area contributed by atoms with Gasteiger partial charge in [0.25, 0.3) is 5.91 Å². The van der Waals surface area contributed by atoms with Crippen LogP contribution in [0.1, 0.15) is 60.8 Å². The highest BCUT2D eigenvalue weighted by Gasteiger charge is 2.28. The molecule has 1 saturated carbocycles. The van der Waals surface area contributed by atoms with E-state index < -0.39 is 5.97 Å². The van der Waals surface area contributed by atoms with Crippen LogP contribution in [-0.4, -0.2) is 30.4 Å². The van der Waals surface area contributed by atoms with Gasteiger partial charge < -0.3 is 15.4 Å². The molecule has 144 valence electrons. The summed E-state index contributed by atoms with van der Waals surface area (Å²) >= 11 is 1.33. The summed E-state index contributed by atoms with van der Waals surface area (Å²) in [5.41, 5.74) is 1.09. The molecule has 26 heavy (non-hydrogen) atoms. The standard InChI is InChI=1S/C19H28N2O4S/c1-10-7-6-8-15(11(10)2)21-16(23)9-25-19(24)17-12(3)13(4)26-18(17)20-14(5)22/h10-11,15H,6-9H2,1-5H3,(H,20,22)(H,21,23)/t10-,11+,15-/m0/s1. The van der Waals surface area contributed by atoms with E-state index in [0.717, 1.165) is 23.3 Å². The molecule has 1 fully saturated rings. The molecule has 0 saturated heterocycles. The fraction of sp³-hybridized carbons (Fsp3) is 0.632. The first-order valence-electron chi connectivity index (χ1n) is 9.04. The van der Waals surface area contributed by atoms with Crippen LogP contribution in [0.4, 0.5) is 5.00 Å². The second-order valence-electron chi connectivity index (χ2n) is 7.19. The Labute approximate surface area is 158 Å². The molecule has 1 aliphatic rings. The Morgan fingerprint density at radius 2 is 1.88 bits per heavy atom. The summed E-state index contributed by atoms with van der Waals surface area (Å²) in [7, 11) is 0. The molecule has 2 amide bonds. The number of esters is 1. The second-order valence-corrected chi connectivity index (χ2v) is 8.41. The van der Waals surface area contributed by atoms with Crippen molar-refractivity contribution in [2.24, 2.45) is 11.8 Å². The lowest BCUT2D eigenvalue weighted by molar-refractivity contribution is -0.125. The average molecular weight is 381 g/mol. The predicted octanol–water partition coefficient (Wildman–Crippen LogP) is 3.42. The highest BCUT2D eigenvalue weighted by Crippen LogP contribution is 2.33. The fourth-order valence-electron chi connectivity index (χ4n) is 3.36. The number of hydrogen-bond acceptors (Lipinski definition) is 5. The molecule has 1 aromatic rings. The molecule has 1 heterocycles. The monoisotopic (exact) mass is 380 g/mol. The second kappa shape index (κ2) is 8.66. The van der Waals surface area contributed by atoms with E-state index >= 15 is 0 Å². The molecule has 1 aliphatic carbocycles. The van der Waals surface area contributed by atoms with Gasteiger partial charge in [-0.05, 0) is 37.7 Å². The van der Waals surface area contributed by atoms with Gasteiger partial charge in [0.2, 0.25) is 5.91 Å². The molecule has 3 atom stereocenters. The highest BCUT2D eigenvalue weighted by atomic mass is 32.1. The van der Waals surface area contributed by atoms with Crippen molar-refractivity contribution in [1.82, 2.24) is 5.32 Å². The maximum absolute atomic E-state index is 12.4. The van der Waals surface area contributed by atoms with Crippen molar-refractivity contribution in [3.05, 3.63) is 16.0 Å². The van der Waals surface area contributed by atoms with Gasteiger partial charge in [0.05, 0.1) is 5.56 Å². The van der Waals surface area contributed by atoms with Gasteiger partial charge >= 0.3 is 5.97 Å². The third kappa shape index (κ3) is 4.84. The van der Waals surface area contributed by atoms with Crippen molar-refractivity contribution in [2.75, 3.05) is 11.9 Å². The molecule has 0 spiro atoms. The Morgan fingerprint density at radius 3 is 2.54 bits per heavy atom. The first-order chi connectivity index (χ1) is 12.2. The zero-order valence-corrected chi connectivity index (χ0v) is 16.9. The minimum Gasteiger partial charge on any atom is -0.452 e. The predicted molar refractivity (Wildman–Crippen MR) is 102 cm³/mol. The number of thiophene rings is 1. The third-order valence-electron chi connectivity index (χ3n) is 5.27. The highest BCUT2D eigenvalue weighted by molar-refractivity contribution is 7.16. The molecule has 0 aliphatic heterocycles. The fourth-order valence-corrected chi connectivity index (χ4v) is 4.45. The lowest BCUT2D eigenvalue weighted by atomic mass is 9.78. The van der Waals surface area contributed by atoms with E-state index in [4.69, 9.17) is 4.74 Å². The van der Waals surface area contributed by atoms with Gasteiger partial charge in [0, 0.05) is 17.8 Å². The summed E-state index contributed by atoms with van der Waals surface area (Å²) in [4.78, 5) is 36.9. The van der Waals surface area contributed by atoms with Crippen LogP contribution in [0.2, 0.25) is 0 Å². The SMILES string of the molecule is CC(=O)Nc1sc(C)c(C)c1C(=O)OCC(=O)N[C@H]1CCC[C@H](C)[C@H]1C. The number of rotatable bonds is 5.